The second kappa shape index (κ2) is 8.78. The normalized spacial score (nSPS) is 20.5. The molecule has 2 saturated heterocycles. The Morgan fingerprint density at radius 3 is 2.82 bits per heavy atom. The number of nitrogens with zero attached hydrogens (tertiary/aromatic N) is 2. The summed E-state index contributed by atoms with van der Waals surface area (Å²) in [6.07, 6.45) is 1.81. The number of benzene rings is 1. The number of ether oxygens (including phenoxy) is 3. The zero-order valence-electron chi connectivity index (χ0n) is 15.7. The molecule has 8 heteroatoms. The van der Waals surface area contributed by atoms with Crippen LogP contribution in [0, 0.1) is 12.8 Å². The molecule has 1 unspecified atom stereocenters. The third-order valence-corrected chi connectivity index (χ3v) is 6.36. The number of piperidine rings is 1. The van der Waals surface area contributed by atoms with Crippen molar-refractivity contribution in [2.24, 2.45) is 5.92 Å². The SMILES string of the molecule is Cc1nc(COc2ccc(Cl)cc2)sc1C(=O)N1CCCC(C2OCCO2)C1. The lowest BCUT2D eigenvalue weighted by atomic mass is 9.97. The Bertz CT molecular complexity index is 820. The fourth-order valence-electron chi connectivity index (χ4n) is 3.60. The Morgan fingerprint density at radius 2 is 2.07 bits per heavy atom. The number of hydrogen-bond acceptors (Lipinski definition) is 6. The standard InChI is InChI=1S/C20H23ClN2O4S/c1-13-18(28-17(22-13)12-27-16-6-4-15(21)5-7-16)19(24)23-8-2-3-14(11-23)20-25-9-10-26-20/h4-7,14,20H,2-3,8-12H2,1H3. The molecule has 6 nitrogen and oxygen atoms in total. The summed E-state index contributed by atoms with van der Waals surface area (Å²) in [4.78, 5) is 20.2. The summed E-state index contributed by atoms with van der Waals surface area (Å²) < 4.78 is 17.0. The van der Waals surface area contributed by atoms with Gasteiger partial charge < -0.3 is 19.1 Å². The lowest BCUT2D eigenvalue weighted by molar-refractivity contribution is -0.0969. The van der Waals surface area contributed by atoms with Crippen LogP contribution >= 0.6 is 22.9 Å². The number of rotatable bonds is 5. The quantitative estimate of drug-likeness (QED) is 0.731. The van der Waals surface area contributed by atoms with Crippen LogP contribution in [0.25, 0.3) is 0 Å². The predicted octanol–water partition coefficient (Wildman–Crippen LogP) is 3.91. The van der Waals surface area contributed by atoms with Gasteiger partial charge in [-0.3, -0.25) is 4.79 Å². The highest BCUT2D eigenvalue weighted by Gasteiger charge is 2.34. The fourth-order valence-corrected chi connectivity index (χ4v) is 4.67. The Hall–Kier alpha value is -1.67. The smallest absolute Gasteiger partial charge is 0.265 e. The molecule has 1 atom stereocenters. The van der Waals surface area contributed by atoms with Crippen molar-refractivity contribution in [1.29, 1.82) is 0 Å². The third-order valence-electron chi connectivity index (χ3n) is 4.99. The number of thiazole rings is 1. The highest BCUT2D eigenvalue weighted by molar-refractivity contribution is 7.13. The Balaban J connectivity index is 1.39. The van der Waals surface area contributed by atoms with Gasteiger partial charge in [0.25, 0.3) is 5.91 Å². The number of aromatic nitrogens is 1. The van der Waals surface area contributed by atoms with Gasteiger partial charge in [-0.2, -0.15) is 0 Å². The first-order chi connectivity index (χ1) is 13.6. The maximum atomic E-state index is 13.1. The molecule has 0 saturated carbocycles. The van der Waals surface area contributed by atoms with Crippen molar-refractivity contribution in [1.82, 2.24) is 9.88 Å². The van der Waals surface area contributed by atoms with Crippen LogP contribution in [0.1, 0.15) is 33.2 Å². The van der Waals surface area contributed by atoms with Gasteiger partial charge in [0.15, 0.2) is 6.29 Å². The summed E-state index contributed by atoms with van der Waals surface area (Å²) in [6.45, 7) is 4.90. The topological polar surface area (TPSA) is 60.9 Å². The predicted molar refractivity (Wildman–Crippen MR) is 107 cm³/mol. The molecule has 1 aromatic heterocycles. The second-order valence-corrected chi connectivity index (χ2v) is 8.55. The molecular weight excluding hydrogens is 400 g/mol. The highest BCUT2D eigenvalue weighted by Crippen LogP contribution is 2.28. The molecule has 2 aromatic rings. The second-order valence-electron chi connectivity index (χ2n) is 7.03. The van der Waals surface area contributed by atoms with E-state index in [1.165, 1.54) is 11.3 Å². The van der Waals surface area contributed by atoms with Crippen LogP contribution in [0.2, 0.25) is 5.02 Å². The molecule has 2 aliphatic rings. The van der Waals surface area contributed by atoms with Crippen LogP contribution in [-0.2, 0) is 16.1 Å². The van der Waals surface area contributed by atoms with Gasteiger partial charge in [-0.1, -0.05) is 11.6 Å². The van der Waals surface area contributed by atoms with Gasteiger partial charge in [0.1, 0.15) is 22.2 Å². The maximum absolute atomic E-state index is 13.1. The van der Waals surface area contributed by atoms with Crippen LogP contribution in [0.5, 0.6) is 5.75 Å². The van der Waals surface area contributed by atoms with Crippen molar-refractivity contribution < 1.29 is 19.0 Å². The number of aryl methyl sites for hydroxylation is 1. The number of carbonyl (C=O) groups is 1. The largest absolute Gasteiger partial charge is 0.486 e. The Morgan fingerprint density at radius 1 is 1.32 bits per heavy atom. The van der Waals surface area contributed by atoms with Crippen LogP contribution in [0.15, 0.2) is 24.3 Å². The van der Waals surface area contributed by atoms with E-state index < -0.39 is 0 Å². The van der Waals surface area contributed by atoms with Gasteiger partial charge in [-0.15, -0.1) is 11.3 Å². The summed E-state index contributed by atoms with van der Waals surface area (Å²) in [5, 5.41) is 1.45. The van der Waals surface area contributed by atoms with E-state index in [-0.39, 0.29) is 18.1 Å². The van der Waals surface area contributed by atoms with Crippen LogP contribution in [0.4, 0.5) is 0 Å². The van der Waals surface area contributed by atoms with Crippen molar-refractivity contribution in [3.8, 4) is 5.75 Å². The Kier molecular flexibility index (Phi) is 6.16. The van der Waals surface area contributed by atoms with Gasteiger partial charge >= 0.3 is 0 Å². The summed E-state index contributed by atoms with van der Waals surface area (Å²) in [5.74, 6) is 0.997. The van der Waals surface area contributed by atoms with Crippen LogP contribution < -0.4 is 4.74 Å². The zero-order valence-corrected chi connectivity index (χ0v) is 17.3. The molecule has 0 bridgehead atoms. The number of amides is 1. The summed E-state index contributed by atoms with van der Waals surface area (Å²) in [5.41, 5.74) is 0.750. The Labute approximate surface area is 173 Å². The minimum Gasteiger partial charge on any atom is -0.486 e. The first-order valence-electron chi connectivity index (χ1n) is 9.47. The average molecular weight is 423 g/mol. The van der Waals surface area contributed by atoms with Gasteiger partial charge in [0, 0.05) is 24.0 Å². The molecule has 2 fully saturated rings. The van der Waals surface area contributed by atoms with Crippen LogP contribution in [0.3, 0.4) is 0 Å². The van der Waals surface area contributed by atoms with E-state index in [9.17, 15) is 4.79 Å². The third kappa shape index (κ3) is 4.49. The molecule has 1 aromatic carbocycles. The van der Waals surface area contributed by atoms with E-state index in [0.717, 1.165) is 35.8 Å². The van der Waals surface area contributed by atoms with Gasteiger partial charge in [0.2, 0.25) is 0 Å². The van der Waals surface area contributed by atoms with Crippen molar-refractivity contribution in [2.45, 2.75) is 32.7 Å². The lowest BCUT2D eigenvalue weighted by Crippen LogP contribution is -2.43. The summed E-state index contributed by atoms with van der Waals surface area (Å²) in [7, 11) is 0. The van der Waals surface area contributed by atoms with E-state index in [1.807, 2.05) is 24.0 Å². The molecule has 3 heterocycles. The minimum atomic E-state index is -0.179. The van der Waals surface area contributed by atoms with Gasteiger partial charge in [-0.05, 0) is 44.0 Å². The maximum Gasteiger partial charge on any atom is 0.265 e. The lowest BCUT2D eigenvalue weighted by Gasteiger charge is -2.34. The zero-order chi connectivity index (χ0) is 19.5. The minimum absolute atomic E-state index is 0.0374. The number of hydrogen-bond donors (Lipinski definition) is 0. The first kappa shape index (κ1) is 19.6. The molecule has 28 heavy (non-hydrogen) atoms. The summed E-state index contributed by atoms with van der Waals surface area (Å²) >= 11 is 7.29. The monoisotopic (exact) mass is 422 g/mol. The van der Waals surface area contributed by atoms with Gasteiger partial charge in [0.05, 0.1) is 18.9 Å². The molecule has 1 amide bonds. The summed E-state index contributed by atoms with van der Waals surface area (Å²) in [6, 6.07) is 7.19. The van der Waals surface area contributed by atoms with E-state index in [0.29, 0.717) is 36.3 Å². The molecule has 0 N–H and O–H groups in total. The first-order valence-corrected chi connectivity index (χ1v) is 10.7. The molecule has 4 rings (SSSR count). The molecule has 0 aliphatic carbocycles. The average Bonchev–Trinajstić information content (AvgIpc) is 3.37. The van der Waals surface area contributed by atoms with Crippen molar-refractivity contribution in [3.63, 3.8) is 0 Å². The molecule has 150 valence electrons. The number of halogens is 1. The van der Waals surface area contributed by atoms with Crippen molar-refractivity contribution in [2.75, 3.05) is 26.3 Å². The van der Waals surface area contributed by atoms with Crippen LogP contribution in [-0.4, -0.2) is 48.4 Å². The molecule has 0 radical (unpaired) electrons. The highest BCUT2D eigenvalue weighted by atomic mass is 35.5. The number of carbonyl (C=O) groups excluding carboxylic acids is 1. The van der Waals surface area contributed by atoms with Gasteiger partial charge in [-0.25, -0.2) is 4.98 Å². The van der Waals surface area contributed by atoms with E-state index in [1.54, 1.807) is 12.1 Å². The van der Waals surface area contributed by atoms with Crippen molar-refractivity contribution in [3.05, 3.63) is 44.9 Å². The molecular formula is C20H23ClN2O4S. The fraction of sp³-hybridized carbons (Fsp3) is 0.500. The van der Waals surface area contributed by atoms with E-state index in [2.05, 4.69) is 4.98 Å². The van der Waals surface area contributed by atoms with E-state index in [4.69, 9.17) is 25.8 Å². The van der Waals surface area contributed by atoms with Crippen molar-refractivity contribution >= 4 is 28.8 Å². The molecule has 2 aliphatic heterocycles. The number of likely N-dealkylation sites (tertiary alicyclic amines) is 1. The van der Waals surface area contributed by atoms with E-state index >= 15 is 0 Å². The molecule has 0 spiro atoms.